The zero-order chi connectivity index (χ0) is 18.6. The molecule has 1 aliphatic rings. The van der Waals surface area contributed by atoms with Crippen LogP contribution in [0.1, 0.15) is 55.0 Å². The average molecular weight is 366 g/mol. The van der Waals surface area contributed by atoms with Crippen molar-refractivity contribution in [1.29, 1.82) is 0 Å². The van der Waals surface area contributed by atoms with Crippen molar-refractivity contribution in [1.82, 2.24) is 5.32 Å². The molecular formula is C21H29F2NS. The third-order valence-corrected chi connectivity index (χ3v) is 6.29. The summed E-state index contributed by atoms with van der Waals surface area (Å²) in [5.74, 6) is -2.95. The first-order valence-corrected chi connectivity index (χ1v) is 9.92. The van der Waals surface area contributed by atoms with Crippen LogP contribution in [0.4, 0.5) is 8.78 Å². The second kappa shape index (κ2) is 8.41. The van der Waals surface area contributed by atoms with Gasteiger partial charge in [0.15, 0.2) is 0 Å². The minimum Gasteiger partial charge on any atom is -0.312 e. The average Bonchev–Trinajstić information content (AvgIpc) is 2.95. The van der Waals surface area contributed by atoms with Gasteiger partial charge in [-0.15, -0.1) is 11.3 Å². The van der Waals surface area contributed by atoms with Gasteiger partial charge in [0.2, 0.25) is 0 Å². The van der Waals surface area contributed by atoms with E-state index in [9.17, 15) is 8.78 Å². The van der Waals surface area contributed by atoms with Gasteiger partial charge in [-0.1, -0.05) is 45.6 Å². The minimum absolute atomic E-state index is 0.145. The molecule has 1 aromatic rings. The van der Waals surface area contributed by atoms with E-state index in [1.54, 1.807) is 23.5 Å². The van der Waals surface area contributed by atoms with Gasteiger partial charge in [0, 0.05) is 28.8 Å². The first-order valence-electron chi connectivity index (χ1n) is 9.10. The highest BCUT2D eigenvalue weighted by Gasteiger charge is 2.30. The lowest BCUT2D eigenvalue weighted by atomic mass is 9.92. The molecule has 0 saturated heterocycles. The summed E-state index contributed by atoms with van der Waals surface area (Å²) in [6.45, 7) is 12.8. The van der Waals surface area contributed by atoms with E-state index in [4.69, 9.17) is 0 Å². The van der Waals surface area contributed by atoms with Crippen molar-refractivity contribution >= 4 is 16.9 Å². The Bertz CT molecular complexity index is 677. The van der Waals surface area contributed by atoms with Crippen molar-refractivity contribution in [2.75, 3.05) is 6.54 Å². The smallest absolute Gasteiger partial charge is 0.267 e. The van der Waals surface area contributed by atoms with Crippen molar-refractivity contribution in [2.45, 2.75) is 59.4 Å². The highest BCUT2D eigenvalue weighted by Crippen LogP contribution is 2.37. The van der Waals surface area contributed by atoms with Crippen LogP contribution in [0.5, 0.6) is 0 Å². The lowest BCUT2D eigenvalue weighted by molar-refractivity contribution is 0.0525. The van der Waals surface area contributed by atoms with E-state index < -0.39 is 5.92 Å². The molecule has 0 bridgehead atoms. The third kappa shape index (κ3) is 4.48. The number of nitrogens with one attached hydrogen (secondary N) is 1. The molecule has 4 heteroatoms. The van der Waals surface area contributed by atoms with Gasteiger partial charge in [0.05, 0.1) is 0 Å². The summed E-state index contributed by atoms with van der Waals surface area (Å²) >= 11 is 1.77. The first-order chi connectivity index (χ1) is 11.8. The van der Waals surface area contributed by atoms with Crippen LogP contribution in [-0.2, 0) is 19.4 Å². The summed E-state index contributed by atoms with van der Waals surface area (Å²) in [7, 11) is 0. The number of hydrogen-bond donors (Lipinski definition) is 1. The molecule has 0 spiro atoms. The summed E-state index contributed by atoms with van der Waals surface area (Å²) in [6, 6.07) is 0. The van der Waals surface area contributed by atoms with Crippen LogP contribution in [0.2, 0.25) is 0 Å². The standard InChI is InChI=1S/C21H29F2NS/c1-6-14(4)18(21(5,22)23)10-9-15(7-2)20-16(8-3)17-11-12-24-13-19(17)25-20/h7,9-10,14,24H,2,6,8,11-13H2,1,3-5H3/b15-9+,18-10+. The van der Waals surface area contributed by atoms with E-state index in [0.29, 0.717) is 6.42 Å². The molecule has 138 valence electrons. The Kier molecular flexibility index (Phi) is 6.75. The molecule has 0 amide bonds. The first kappa shape index (κ1) is 20.1. The van der Waals surface area contributed by atoms with Crippen LogP contribution in [0.25, 0.3) is 5.57 Å². The van der Waals surface area contributed by atoms with E-state index in [-0.39, 0.29) is 11.5 Å². The minimum atomic E-state index is -2.80. The lowest BCUT2D eigenvalue weighted by Gasteiger charge is -2.20. The Balaban J connectivity index is 2.48. The molecule has 0 saturated carbocycles. The predicted octanol–water partition coefficient (Wildman–Crippen LogP) is 6.15. The van der Waals surface area contributed by atoms with Crippen molar-refractivity contribution in [3.05, 3.63) is 51.3 Å². The van der Waals surface area contributed by atoms with Crippen LogP contribution < -0.4 is 5.32 Å². The number of halogens is 2. The molecule has 1 unspecified atom stereocenters. The van der Waals surface area contributed by atoms with Gasteiger partial charge in [-0.3, -0.25) is 0 Å². The number of hydrogen-bond acceptors (Lipinski definition) is 2. The predicted molar refractivity (Wildman–Crippen MR) is 105 cm³/mol. The van der Waals surface area contributed by atoms with E-state index >= 15 is 0 Å². The van der Waals surface area contributed by atoms with Crippen LogP contribution in [0.3, 0.4) is 0 Å². The van der Waals surface area contributed by atoms with Crippen LogP contribution in [0, 0.1) is 5.92 Å². The van der Waals surface area contributed by atoms with Gasteiger partial charge < -0.3 is 5.32 Å². The number of rotatable bonds is 7. The second-order valence-electron chi connectivity index (χ2n) is 6.74. The summed E-state index contributed by atoms with van der Waals surface area (Å²) in [5, 5.41) is 3.41. The SMILES string of the molecule is C=C/C(=C\C=C(/C(C)CC)C(C)(F)F)c1sc2c(c1CC)CCNC2. The molecule has 1 aromatic heterocycles. The van der Waals surface area contributed by atoms with Crippen molar-refractivity contribution in [3.63, 3.8) is 0 Å². The summed E-state index contributed by atoms with van der Waals surface area (Å²) in [4.78, 5) is 2.56. The Morgan fingerprint density at radius 3 is 2.64 bits per heavy atom. The van der Waals surface area contributed by atoms with Gasteiger partial charge in [-0.25, -0.2) is 8.78 Å². The molecule has 1 aliphatic heterocycles. The normalized spacial score (nSPS) is 17.4. The zero-order valence-corrected chi connectivity index (χ0v) is 16.5. The van der Waals surface area contributed by atoms with E-state index in [2.05, 4.69) is 18.8 Å². The topological polar surface area (TPSA) is 12.0 Å². The number of fused-ring (bicyclic) bond motifs is 1. The summed E-state index contributed by atoms with van der Waals surface area (Å²) in [5.41, 5.74) is 3.94. The molecule has 0 aromatic carbocycles. The molecule has 2 rings (SSSR count). The molecule has 1 N–H and O–H groups in total. The highest BCUT2D eigenvalue weighted by atomic mass is 32.1. The Hall–Kier alpha value is -1.26. The monoisotopic (exact) mass is 365 g/mol. The summed E-state index contributed by atoms with van der Waals surface area (Å²) < 4.78 is 28.0. The van der Waals surface area contributed by atoms with Gasteiger partial charge in [-0.2, -0.15) is 0 Å². The van der Waals surface area contributed by atoms with Crippen LogP contribution in [-0.4, -0.2) is 12.5 Å². The molecule has 2 heterocycles. The number of thiophene rings is 1. The van der Waals surface area contributed by atoms with Crippen molar-refractivity contribution in [2.24, 2.45) is 5.92 Å². The van der Waals surface area contributed by atoms with Gasteiger partial charge in [-0.05, 0) is 48.4 Å². The van der Waals surface area contributed by atoms with E-state index in [0.717, 1.165) is 38.4 Å². The summed E-state index contributed by atoms with van der Waals surface area (Å²) in [6.07, 6.45) is 7.93. The van der Waals surface area contributed by atoms with Gasteiger partial charge in [0.25, 0.3) is 5.92 Å². The molecule has 0 radical (unpaired) electrons. The maximum absolute atomic E-state index is 14.0. The lowest BCUT2D eigenvalue weighted by Crippen LogP contribution is -2.22. The van der Waals surface area contributed by atoms with Crippen molar-refractivity contribution in [3.8, 4) is 0 Å². The molecular weight excluding hydrogens is 336 g/mol. The van der Waals surface area contributed by atoms with E-state index in [1.165, 1.54) is 20.9 Å². The van der Waals surface area contributed by atoms with Gasteiger partial charge >= 0.3 is 0 Å². The maximum atomic E-state index is 14.0. The Labute approximate surface area is 154 Å². The number of alkyl halides is 2. The van der Waals surface area contributed by atoms with Crippen LogP contribution >= 0.6 is 11.3 Å². The Morgan fingerprint density at radius 2 is 2.08 bits per heavy atom. The third-order valence-electron chi connectivity index (χ3n) is 4.97. The van der Waals surface area contributed by atoms with E-state index in [1.807, 2.05) is 19.9 Å². The largest absolute Gasteiger partial charge is 0.312 e. The fourth-order valence-electron chi connectivity index (χ4n) is 3.39. The van der Waals surface area contributed by atoms with Crippen LogP contribution in [0.15, 0.2) is 30.4 Å². The second-order valence-corrected chi connectivity index (χ2v) is 7.84. The zero-order valence-electron chi connectivity index (χ0n) is 15.7. The number of allylic oxidation sites excluding steroid dienone is 5. The van der Waals surface area contributed by atoms with Gasteiger partial charge in [0.1, 0.15) is 0 Å². The molecule has 0 fully saturated rings. The molecule has 1 nitrogen and oxygen atoms in total. The quantitative estimate of drug-likeness (QED) is 0.571. The fraction of sp³-hybridized carbons (Fsp3) is 0.524. The molecule has 0 aliphatic carbocycles. The molecule has 1 atom stereocenters. The Morgan fingerprint density at radius 1 is 1.36 bits per heavy atom. The van der Waals surface area contributed by atoms with Crippen molar-refractivity contribution < 1.29 is 8.78 Å². The fourth-order valence-corrected chi connectivity index (χ4v) is 4.82. The maximum Gasteiger partial charge on any atom is 0.267 e. The molecule has 25 heavy (non-hydrogen) atoms. The highest BCUT2D eigenvalue weighted by molar-refractivity contribution is 7.13.